The quantitative estimate of drug-likeness (QED) is 0.900. The Labute approximate surface area is 150 Å². The number of nitrogens with zero attached hydrogens (tertiary/aromatic N) is 3. The van der Waals surface area contributed by atoms with Crippen LogP contribution < -0.4 is 5.32 Å². The Hall–Kier alpha value is -2.51. The van der Waals surface area contributed by atoms with E-state index in [9.17, 15) is 13.6 Å². The first-order valence-electron chi connectivity index (χ1n) is 8.78. The van der Waals surface area contributed by atoms with Crippen molar-refractivity contribution in [1.29, 1.82) is 0 Å². The van der Waals surface area contributed by atoms with Gasteiger partial charge in [-0.3, -0.25) is 4.79 Å². The van der Waals surface area contributed by atoms with Gasteiger partial charge in [-0.2, -0.15) is 0 Å². The molecule has 2 heterocycles. The highest BCUT2D eigenvalue weighted by Gasteiger charge is 2.72. The maximum atomic E-state index is 13.4. The van der Waals surface area contributed by atoms with Gasteiger partial charge in [0, 0.05) is 25.1 Å². The standard InChI is InChI=1S/C16H16F2N4O2.C2H6/c17-16(18)9-15(16)6-7-22(10-15)12(23)8-19-14-21-20-13(24-14)11-4-2-1-3-5-11;1-2/h1-5H,6-10H2,(H,19,21);1-2H3. The Morgan fingerprint density at radius 1 is 1.27 bits per heavy atom. The van der Waals surface area contributed by atoms with Crippen LogP contribution in [0, 0.1) is 5.41 Å². The van der Waals surface area contributed by atoms with Gasteiger partial charge in [-0.05, 0) is 18.6 Å². The molecule has 0 radical (unpaired) electrons. The molecular formula is C18H22F2N4O2. The van der Waals surface area contributed by atoms with E-state index in [4.69, 9.17) is 4.42 Å². The Kier molecular flexibility index (Phi) is 4.93. The smallest absolute Gasteiger partial charge is 0.316 e. The highest BCUT2D eigenvalue weighted by molar-refractivity contribution is 5.80. The molecule has 1 N–H and O–H groups in total. The number of carbonyl (C=O) groups is 1. The number of hydrogen-bond donors (Lipinski definition) is 1. The van der Waals surface area contributed by atoms with Crippen molar-refractivity contribution in [3.8, 4) is 11.5 Å². The molecule has 1 aromatic carbocycles. The number of aromatic nitrogens is 2. The number of rotatable bonds is 4. The van der Waals surface area contributed by atoms with Gasteiger partial charge in [0.2, 0.25) is 11.8 Å². The minimum Gasteiger partial charge on any atom is -0.403 e. The second-order valence-corrected chi connectivity index (χ2v) is 6.36. The largest absolute Gasteiger partial charge is 0.403 e. The van der Waals surface area contributed by atoms with Crippen LogP contribution >= 0.6 is 0 Å². The second kappa shape index (κ2) is 7.01. The third-order valence-corrected chi connectivity index (χ3v) is 4.75. The normalized spacial score (nSPS) is 22.7. The predicted octanol–water partition coefficient (Wildman–Crippen LogP) is 3.43. The molecule has 8 heteroatoms. The number of likely N-dealkylation sites (tertiary alicyclic amines) is 1. The Balaban J connectivity index is 0.000000948. The van der Waals surface area contributed by atoms with Crippen LogP contribution in [0.25, 0.3) is 11.5 Å². The van der Waals surface area contributed by atoms with Gasteiger partial charge in [0.05, 0.1) is 12.0 Å². The van der Waals surface area contributed by atoms with Gasteiger partial charge in [-0.25, -0.2) is 8.78 Å². The van der Waals surface area contributed by atoms with Crippen LogP contribution in [0.5, 0.6) is 0 Å². The third kappa shape index (κ3) is 3.40. The molecule has 26 heavy (non-hydrogen) atoms. The van der Waals surface area contributed by atoms with Gasteiger partial charge in [0.25, 0.3) is 5.92 Å². The van der Waals surface area contributed by atoms with Gasteiger partial charge in [0.1, 0.15) is 0 Å². The summed E-state index contributed by atoms with van der Waals surface area (Å²) in [6, 6.07) is 9.39. The molecule has 1 atom stereocenters. The SMILES string of the molecule is CC.O=C(CNc1nnc(-c2ccccc2)o1)N1CCC2(C1)CC2(F)F. The first-order valence-corrected chi connectivity index (χ1v) is 8.78. The number of anilines is 1. The van der Waals surface area contributed by atoms with Crippen molar-refractivity contribution < 1.29 is 18.0 Å². The van der Waals surface area contributed by atoms with Crippen molar-refractivity contribution in [3.63, 3.8) is 0 Å². The number of nitrogens with one attached hydrogen (secondary N) is 1. The Morgan fingerprint density at radius 3 is 2.58 bits per heavy atom. The van der Waals surface area contributed by atoms with Gasteiger partial charge >= 0.3 is 6.01 Å². The summed E-state index contributed by atoms with van der Waals surface area (Å²) in [7, 11) is 0. The zero-order valence-electron chi connectivity index (χ0n) is 14.8. The maximum Gasteiger partial charge on any atom is 0.316 e. The molecule has 1 aliphatic carbocycles. The van der Waals surface area contributed by atoms with Crippen LogP contribution in [-0.4, -0.2) is 46.6 Å². The fourth-order valence-corrected chi connectivity index (χ4v) is 3.16. The molecule has 6 nitrogen and oxygen atoms in total. The lowest BCUT2D eigenvalue weighted by atomic mass is 10.1. The van der Waals surface area contributed by atoms with E-state index in [2.05, 4.69) is 15.5 Å². The van der Waals surface area contributed by atoms with E-state index in [-0.39, 0.29) is 31.4 Å². The molecule has 1 unspecified atom stereocenters. The van der Waals surface area contributed by atoms with Gasteiger partial charge in [-0.1, -0.05) is 37.1 Å². The number of benzene rings is 1. The van der Waals surface area contributed by atoms with Gasteiger partial charge < -0.3 is 14.6 Å². The minimum absolute atomic E-state index is 0.0575. The Bertz CT molecular complexity index is 766. The first kappa shape index (κ1) is 18.3. The highest BCUT2D eigenvalue weighted by Crippen LogP contribution is 2.64. The zero-order valence-corrected chi connectivity index (χ0v) is 14.8. The van der Waals surface area contributed by atoms with Crippen molar-refractivity contribution in [3.05, 3.63) is 30.3 Å². The molecule has 1 aliphatic heterocycles. The van der Waals surface area contributed by atoms with E-state index in [0.29, 0.717) is 18.9 Å². The van der Waals surface area contributed by atoms with E-state index in [1.54, 1.807) is 0 Å². The van der Waals surface area contributed by atoms with E-state index < -0.39 is 11.3 Å². The fourth-order valence-electron chi connectivity index (χ4n) is 3.16. The molecule has 2 fully saturated rings. The van der Waals surface area contributed by atoms with Crippen LogP contribution in [0.3, 0.4) is 0 Å². The van der Waals surface area contributed by atoms with Crippen LogP contribution in [0.2, 0.25) is 0 Å². The molecular weight excluding hydrogens is 342 g/mol. The summed E-state index contributed by atoms with van der Waals surface area (Å²) in [4.78, 5) is 13.6. The lowest BCUT2D eigenvalue weighted by molar-refractivity contribution is -0.128. The van der Waals surface area contributed by atoms with E-state index in [0.717, 1.165) is 5.56 Å². The summed E-state index contributed by atoms with van der Waals surface area (Å²) in [5, 5.41) is 10.5. The molecule has 0 bridgehead atoms. The lowest BCUT2D eigenvalue weighted by Crippen LogP contribution is -2.34. The summed E-state index contributed by atoms with van der Waals surface area (Å²) < 4.78 is 32.2. The minimum atomic E-state index is -2.62. The van der Waals surface area contributed by atoms with Crippen molar-refractivity contribution in [2.45, 2.75) is 32.6 Å². The van der Waals surface area contributed by atoms with Crippen LogP contribution in [0.1, 0.15) is 26.7 Å². The molecule has 1 saturated carbocycles. The molecule has 1 amide bonds. The summed E-state index contributed by atoms with van der Waals surface area (Å²) >= 11 is 0. The summed E-state index contributed by atoms with van der Waals surface area (Å²) in [5.74, 6) is -2.51. The van der Waals surface area contributed by atoms with Crippen molar-refractivity contribution >= 4 is 11.9 Å². The van der Waals surface area contributed by atoms with E-state index in [1.807, 2.05) is 44.2 Å². The summed E-state index contributed by atoms with van der Waals surface area (Å²) in [6.45, 7) is 4.44. The maximum absolute atomic E-state index is 13.4. The first-order chi connectivity index (χ1) is 12.5. The third-order valence-electron chi connectivity index (χ3n) is 4.75. The number of carbonyl (C=O) groups excluding carboxylic acids is 1. The molecule has 1 saturated heterocycles. The molecule has 1 spiro atoms. The number of hydrogen-bond acceptors (Lipinski definition) is 5. The van der Waals surface area contributed by atoms with Crippen LogP contribution in [-0.2, 0) is 4.79 Å². The van der Waals surface area contributed by atoms with Crippen molar-refractivity contribution in [2.24, 2.45) is 5.41 Å². The van der Waals surface area contributed by atoms with Crippen LogP contribution in [0.4, 0.5) is 14.8 Å². The number of alkyl halides is 2. The molecule has 2 aromatic rings. The second-order valence-electron chi connectivity index (χ2n) is 6.36. The average Bonchev–Trinajstić information content (AvgIpc) is 3.07. The molecule has 1 aromatic heterocycles. The van der Waals surface area contributed by atoms with Crippen molar-refractivity contribution in [1.82, 2.24) is 15.1 Å². The topological polar surface area (TPSA) is 71.3 Å². The predicted molar refractivity (Wildman–Crippen MR) is 92.8 cm³/mol. The lowest BCUT2D eigenvalue weighted by Gasteiger charge is -2.16. The fraction of sp³-hybridized carbons (Fsp3) is 0.500. The average molecular weight is 364 g/mol. The monoisotopic (exact) mass is 364 g/mol. The van der Waals surface area contributed by atoms with Crippen molar-refractivity contribution in [2.75, 3.05) is 25.0 Å². The van der Waals surface area contributed by atoms with Gasteiger partial charge in [0.15, 0.2) is 0 Å². The van der Waals surface area contributed by atoms with E-state index in [1.165, 1.54) is 4.90 Å². The summed E-state index contributed by atoms with van der Waals surface area (Å²) in [5.41, 5.74) is -0.199. The highest BCUT2D eigenvalue weighted by atomic mass is 19.3. The molecule has 4 rings (SSSR count). The zero-order chi connectivity index (χ0) is 18.8. The summed E-state index contributed by atoms with van der Waals surface area (Å²) in [6.07, 6.45) is 0.256. The molecule has 2 aliphatic rings. The number of amides is 1. The Morgan fingerprint density at radius 2 is 1.96 bits per heavy atom. The van der Waals surface area contributed by atoms with E-state index >= 15 is 0 Å². The number of halogens is 2. The van der Waals surface area contributed by atoms with Gasteiger partial charge in [-0.15, -0.1) is 5.10 Å². The molecule has 140 valence electrons. The van der Waals surface area contributed by atoms with Crippen LogP contribution in [0.15, 0.2) is 34.7 Å².